The van der Waals surface area contributed by atoms with Crippen molar-refractivity contribution in [2.75, 3.05) is 0 Å². The van der Waals surface area contributed by atoms with Crippen molar-refractivity contribution in [3.63, 3.8) is 0 Å². The fourth-order valence-electron chi connectivity index (χ4n) is 1.33. The van der Waals surface area contributed by atoms with Gasteiger partial charge < -0.3 is 0 Å². The van der Waals surface area contributed by atoms with Crippen LogP contribution in [0.4, 0.5) is 8.78 Å². The molecule has 0 nitrogen and oxygen atoms in total. The first-order valence-corrected chi connectivity index (χ1v) is 14.6. The summed E-state index contributed by atoms with van der Waals surface area (Å²) in [6.45, 7) is 0. The second-order valence-electron chi connectivity index (χ2n) is 2.76. The first-order valence-electron chi connectivity index (χ1n) is 4.33. The molecule has 0 bridgehead atoms. The van der Waals surface area contributed by atoms with Gasteiger partial charge in [0.25, 0.3) is 0 Å². The van der Waals surface area contributed by atoms with Gasteiger partial charge in [0.05, 0.1) is 0 Å². The maximum atomic E-state index is 14.2. The molecule has 1 aromatic carbocycles. The van der Waals surface area contributed by atoms with Crippen molar-refractivity contribution in [3.8, 4) is 0 Å². The van der Waals surface area contributed by atoms with Gasteiger partial charge in [0.2, 0.25) is 0 Å². The SMILES string of the molecule is C[Se]c1c(F)c([Se]C)c([Se]C)c(F)c1[Se]C. The molecule has 0 saturated carbocycles. The van der Waals surface area contributed by atoms with Crippen LogP contribution in [0.15, 0.2) is 0 Å². The summed E-state index contributed by atoms with van der Waals surface area (Å²) < 4.78 is 31.2. The molecule has 0 aliphatic carbocycles. The number of rotatable bonds is 4. The van der Waals surface area contributed by atoms with Crippen molar-refractivity contribution in [2.24, 2.45) is 0 Å². The monoisotopic (exact) mass is 490 g/mol. The summed E-state index contributed by atoms with van der Waals surface area (Å²) in [5, 5.41) is 0. The van der Waals surface area contributed by atoms with Crippen molar-refractivity contribution in [3.05, 3.63) is 11.6 Å². The minimum atomic E-state index is -0.0937. The van der Waals surface area contributed by atoms with Crippen molar-refractivity contribution in [1.82, 2.24) is 0 Å². The normalized spacial score (nSPS) is 10.9. The molecular formula is C10H12F2Se4. The van der Waals surface area contributed by atoms with Crippen LogP contribution in [-0.2, 0) is 0 Å². The Kier molecular flexibility index (Phi) is 6.58. The van der Waals surface area contributed by atoms with E-state index in [9.17, 15) is 8.78 Å². The van der Waals surface area contributed by atoms with Gasteiger partial charge in [-0.2, -0.15) is 0 Å². The van der Waals surface area contributed by atoms with Crippen LogP contribution >= 0.6 is 0 Å². The molecule has 90 valence electrons. The Morgan fingerprint density at radius 2 is 0.750 bits per heavy atom. The van der Waals surface area contributed by atoms with E-state index in [4.69, 9.17) is 0 Å². The molecule has 0 N–H and O–H groups in total. The van der Waals surface area contributed by atoms with Crippen molar-refractivity contribution >= 4 is 77.7 Å². The Balaban J connectivity index is 3.60. The zero-order chi connectivity index (χ0) is 12.3. The molecule has 0 aromatic heterocycles. The van der Waals surface area contributed by atoms with E-state index in [1.807, 2.05) is 23.3 Å². The molecule has 0 heterocycles. The topological polar surface area (TPSA) is 0 Å². The van der Waals surface area contributed by atoms with Crippen LogP contribution in [0.5, 0.6) is 0 Å². The summed E-state index contributed by atoms with van der Waals surface area (Å²) >= 11 is 0.156. The van der Waals surface area contributed by atoms with E-state index in [2.05, 4.69) is 0 Å². The van der Waals surface area contributed by atoms with E-state index in [0.29, 0.717) is 17.8 Å². The summed E-state index contributed by atoms with van der Waals surface area (Å²) in [5.41, 5.74) is 0. The molecule has 0 radical (unpaired) electrons. The number of hydrogen-bond acceptors (Lipinski definition) is 0. The average molecular weight is 486 g/mol. The summed E-state index contributed by atoms with van der Waals surface area (Å²) in [5.74, 6) is 7.66. The van der Waals surface area contributed by atoms with Crippen molar-refractivity contribution < 1.29 is 8.78 Å². The summed E-state index contributed by atoms with van der Waals surface area (Å²) in [6, 6.07) is 0. The Morgan fingerprint density at radius 1 is 0.562 bits per heavy atom. The Hall–Kier alpha value is 1.16. The van der Waals surface area contributed by atoms with Gasteiger partial charge in [0, 0.05) is 0 Å². The van der Waals surface area contributed by atoms with Gasteiger partial charge in [0.1, 0.15) is 0 Å². The molecule has 6 heteroatoms. The standard InChI is InChI=1S/C10H12F2Se4/c1-13-7-5(11)9(15-3)10(16-4)6(12)8(7)14-2/h1-4H3. The molecule has 0 aliphatic rings. The molecule has 16 heavy (non-hydrogen) atoms. The molecule has 0 saturated heterocycles. The van der Waals surface area contributed by atoms with Crippen LogP contribution < -0.4 is 17.8 Å². The van der Waals surface area contributed by atoms with Crippen LogP contribution in [0.1, 0.15) is 0 Å². The Morgan fingerprint density at radius 3 is 0.875 bits per heavy atom. The minimum absolute atomic E-state index is 0.0390. The van der Waals surface area contributed by atoms with Gasteiger partial charge in [-0.3, -0.25) is 0 Å². The summed E-state index contributed by atoms with van der Waals surface area (Å²) in [4.78, 5) is 0. The van der Waals surface area contributed by atoms with E-state index in [-0.39, 0.29) is 71.5 Å². The molecular weight excluding hydrogens is 474 g/mol. The van der Waals surface area contributed by atoms with Gasteiger partial charge in [0.15, 0.2) is 0 Å². The van der Waals surface area contributed by atoms with Crippen LogP contribution in [0.3, 0.4) is 0 Å². The fourth-order valence-corrected chi connectivity index (χ4v) is 10.3. The second kappa shape index (κ2) is 6.92. The predicted molar refractivity (Wildman–Crippen MR) is 71.4 cm³/mol. The molecule has 1 rings (SSSR count). The fraction of sp³-hybridized carbons (Fsp3) is 0.400. The van der Waals surface area contributed by atoms with Crippen molar-refractivity contribution in [1.29, 1.82) is 0 Å². The quantitative estimate of drug-likeness (QED) is 0.503. The van der Waals surface area contributed by atoms with Crippen LogP contribution in [0, 0.1) is 11.6 Å². The van der Waals surface area contributed by atoms with Crippen LogP contribution in [0.25, 0.3) is 0 Å². The molecule has 0 atom stereocenters. The molecule has 1 aromatic rings. The molecule has 0 spiro atoms. The third-order valence-electron chi connectivity index (χ3n) is 2.03. The van der Waals surface area contributed by atoms with E-state index in [0.717, 1.165) is 0 Å². The maximum absolute atomic E-state index is 14.2. The number of halogens is 2. The van der Waals surface area contributed by atoms with E-state index >= 15 is 0 Å². The van der Waals surface area contributed by atoms with Crippen molar-refractivity contribution in [2.45, 2.75) is 23.3 Å². The first-order chi connectivity index (χ1) is 7.62. The third-order valence-corrected chi connectivity index (χ3v) is 9.98. The predicted octanol–water partition coefficient (Wildman–Crippen LogP) is -0.525. The van der Waals surface area contributed by atoms with Gasteiger partial charge in [-0.1, -0.05) is 0 Å². The molecule has 0 fully saturated rings. The zero-order valence-electron chi connectivity index (χ0n) is 9.39. The summed E-state index contributed by atoms with van der Waals surface area (Å²) in [6.07, 6.45) is 0. The number of benzene rings is 1. The van der Waals surface area contributed by atoms with E-state index in [1.54, 1.807) is 0 Å². The molecule has 0 aliphatic heterocycles. The van der Waals surface area contributed by atoms with Gasteiger partial charge in [-0.05, 0) is 0 Å². The second-order valence-corrected chi connectivity index (χ2v) is 9.61. The molecule has 0 unspecified atom stereocenters. The van der Waals surface area contributed by atoms with Crippen LogP contribution in [-0.4, -0.2) is 59.8 Å². The van der Waals surface area contributed by atoms with Gasteiger partial charge >= 0.3 is 121 Å². The Labute approximate surface area is 120 Å². The summed E-state index contributed by atoms with van der Waals surface area (Å²) in [7, 11) is 0. The zero-order valence-corrected chi connectivity index (χ0v) is 16.2. The van der Waals surface area contributed by atoms with Crippen LogP contribution in [0.2, 0.25) is 23.3 Å². The van der Waals surface area contributed by atoms with E-state index < -0.39 is 0 Å². The third kappa shape index (κ3) is 2.76. The Bertz CT molecular complexity index is 323. The molecule has 0 amide bonds. The number of hydrogen-bond donors (Lipinski definition) is 0. The van der Waals surface area contributed by atoms with Gasteiger partial charge in [-0.15, -0.1) is 0 Å². The first kappa shape index (κ1) is 15.2. The van der Waals surface area contributed by atoms with Gasteiger partial charge in [-0.25, -0.2) is 0 Å². The van der Waals surface area contributed by atoms with E-state index in [1.165, 1.54) is 0 Å². The average Bonchev–Trinajstić information content (AvgIpc) is 2.30.